The van der Waals surface area contributed by atoms with Crippen molar-refractivity contribution < 1.29 is 19.4 Å². The van der Waals surface area contributed by atoms with Crippen LogP contribution in [-0.2, 0) is 9.59 Å². The van der Waals surface area contributed by atoms with E-state index in [-0.39, 0.29) is 19.6 Å². The number of carboxylic acid groups (broad SMARTS) is 1. The van der Waals surface area contributed by atoms with E-state index in [1.807, 2.05) is 6.07 Å². The zero-order valence-corrected chi connectivity index (χ0v) is 9.55. The topological polar surface area (TPSA) is 99.4 Å². The van der Waals surface area contributed by atoms with Crippen LogP contribution in [0.2, 0.25) is 0 Å². The third-order valence-corrected chi connectivity index (χ3v) is 2.03. The van der Waals surface area contributed by atoms with Gasteiger partial charge in [-0.25, -0.2) is 0 Å². The first-order valence-electron chi connectivity index (χ1n) is 5.24. The zero-order chi connectivity index (χ0) is 13.4. The molecule has 0 fully saturated rings. The molecule has 0 radical (unpaired) electrons. The fraction of sp³-hybridized carbons (Fsp3) is 0.250. The number of rotatable bonds is 6. The minimum absolute atomic E-state index is 0.0530. The van der Waals surface area contributed by atoms with E-state index in [2.05, 4.69) is 5.32 Å². The average molecular weight is 248 g/mol. The smallest absolute Gasteiger partial charge is 0.305 e. The molecule has 1 aromatic carbocycles. The normalized spacial score (nSPS) is 9.28. The highest BCUT2D eigenvalue weighted by Crippen LogP contribution is 2.15. The summed E-state index contributed by atoms with van der Waals surface area (Å²) in [5, 5.41) is 19.6. The number of hydrogen-bond acceptors (Lipinski definition) is 4. The van der Waals surface area contributed by atoms with Gasteiger partial charge in [-0.15, -0.1) is 0 Å². The summed E-state index contributed by atoms with van der Waals surface area (Å²) < 4.78 is 5.17. The van der Waals surface area contributed by atoms with Crippen molar-refractivity contribution in [3.8, 4) is 11.8 Å². The molecule has 0 atom stereocenters. The van der Waals surface area contributed by atoms with Gasteiger partial charge in [0.2, 0.25) is 0 Å². The quantitative estimate of drug-likeness (QED) is 0.764. The van der Waals surface area contributed by atoms with Crippen molar-refractivity contribution in [3.05, 3.63) is 29.8 Å². The number of benzene rings is 1. The summed E-state index contributed by atoms with van der Waals surface area (Å²) in [6.07, 6.45) is -0.138. The third-order valence-electron chi connectivity index (χ3n) is 2.03. The van der Waals surface area contributed by atoms with E-state index in [0.29, 0.717) is 11.3 Å². The van der Waals surface area contributed by atoms with Gasteiger partial charge in [0.25, 0.3) is 5.91 Å². The van der Waals surface area contributed by atoms with Crippen LogP contribution in [0.1, 0.15) is 12.0 Å². The van der Waals surface area contributed by atoms with Gasteiger partial charge < -0.3 is 15.2 Å². The largest absolute Gasteiger partial charge is 0.482 e. The van der Waals surface area contributed by atoms with Crippen molar-refractivity contribution in [3.63, 3.8) is 0 Å². The van der Waals surface area contributed by atoms with Gasteiger partial charge in [-0.05, 0) is 12.1 Å². The molecule has 6 nitrogen and oxygen atoms in total. The van der Waals surface area contributed by atoms with Gasteiger partial charge in [0.15, 0.2) is 6.61 Å². The summed E-state index contributed by atoms with van der Waals surface area (Å²) in [4.78, 5) is 21.5. The van der Waals surface area contributed by atoms with E-state index in [0.717, 1.165) is 0 Å². The molecule has 0 spiro atoms. The summed E-state index contributed by atoms with van der Waals surface area (Å²) in [6, 6.07) is 8.50. The molecule has 0 aliphatic rings. The summed E-state index contributed by atoms with van der Waals surface area (Å²) in [7, 11) is 0. The van der Waals surface area contributed by atoms with Crippen LogP contribution in [0.25, 0.3) is 0 Å². The number of hydrogen-bond donors (Lipinski definition) is 2. The van der Waals surface area contributed by atoms with Crippen molar-refractivity contribution >= 4 is 11.9 Å². The van der Waals surface area contributed by atoms with E-state index in [4.69, 9.17) is 15.1 Å². The van der Waals surface area contributed by atoms with Gasteiger partial charge >= 0.3 is 5.97 Å². The maximum atomic E-state index is 11.3. The highest BCUT2D eigenvalue weighted by atomic mass is 16.5. The van der Waals surface area contributed by atoms with Crippen molar-refractivity contribution in [2.24, 2.45) is 0 Å². The van der Waals surface area contributed by atoms with Crippen molar-refractivity contribution in [1.82, 2.24) is 5.32 Å². The molecule has 18 heavy (non-hydrogen) atoms. The molecule has 0 aliphatic carbocycles. The van der Waals surface area contributed by atoms with Crippen LogP contribution in [0.3, 0.4) is 0 Å². The van der Waals surface area contributed by atoms with E-state index >= 15 is 0 Å². The molecule has 1 amide bonds. The third kappa shape index (κ3) is 4.53. The van der Waals surface area contributed by atoms with Crippen molar-refractivity contribution in [1.29, 1.82) is 5.26 Å². The van der Waals surface area contributed by atoms with Crippen LogP contribution in [0.4, 0.5) is 0 Å². The predicted octanol–water partition coefficient (Wildman–Crippen LogP) is 0.528. The molecule has 0 saturated heterocycles. The lowest BCUT2D eigenvalue weighted by atomic mass is 10.2. The van der Waals surface area contributed by atoms with Crippen LogP contribution in [0.15, 0.2) is 24.3 Å². The second-order valence-corrected chi connectivity index (χ2v) is 3.39. The molecule has 0 unspecified atom stereocenters. The fourth-order valence-electron chi connectivity index (χ4n) is 1.19. The van der Waals surface area contributed by atoms with Crippen LogP contribution in [0.5, 0.6) is 5.75 Å². The molecule has 94 valence electrons. The molecule has 0 heterocycles. The zero-order valence-electron chi connectivity index (χ0n) is 9.55. The van der Waals surface area contributed by atoms with Gasteiger partial charge in [0.1, 0.15) is 11.8 Å². The Balaban J connectivity index is 2.38. The van der Waals surface area contributed by atoms with Gasteiger partial charge in [-0.3, -0.25) is 9.59 Å². The molecular formula is C12H12N2O4. The molecule has 2 N–H and O–H groups in total. The minimum Gasteiger partial charge on any atom is -0.482 e. The molecule has 0 saturated carbocycles. The molecule has 0 bridgehead atoms. The Kier molecular flexibility index (Phi) is 5.19. The molecular weight excluding hydrogens is 236 g/mol. The SMILES string of the molecule is N#Cc1ccccc1OCC(=O)NCCC(=O)O. The highest BCUT2D eigenvalue weighted by Gasteiger charge is 2.06. The lowest BCUT2D eigenvalue weighted by Crippen LogP contribution is -2.30. The van der Waals surface area contributed by atoms with E-state index < -0.39 is 11.9 Å². The van der Waals surface area contributed by atoms with Crippen LogP contribution in [0, 0.1) is 11.3 Å². The number of nitriles is 1. The van der Waals surface area contributed by atoms with Crippen LogP contribution in [-0.4, -0.2) is 30.1 Å². The van der Waals surface area contributed by atoms with Crippen molar-refractivity contribution in [2.45, 2.75) is 6.42 Å². The first-order chi connectivity index (χ1) is 8.63. The fourth-order valence-corrected chi connectivity index (χ4v) is 1.19. The summed E-state index contributed by atoms with van der Waals surface area (Å²) >= 11 is 0. The molecule has 0 aliphatic heterocycles. The number of para-hydroxylation sites is 1. The monoisotopic (exact) mass is 248 g/mol. The lowest BCUT2D eigenvalue weighted by molar-refractivity contribution is -0.137. The Morgan fingerprint density at radius 3 is 2.78 bits per heavy atom. The number of carbonyl (C=O) groups excluding carboxylic acids is 1. The van der Waals surface area contributed by atoms with Crippen LogP contribution < -0.4 is 10.1 Å². The predicted molar refractivity (Wildman–Crippen MR) is 61.9 cm³/mol. The summed E-state index contributed by atoms with van der Waals surface area (Å²) in [5.74, 6) is -1.08. The maximum Gasteiger partial charge on any atom is 0.305 e. The second-order valence-electron chi connectivity index (χ2n) is 3.39. The van der Waals surface area contributed by atoms with E-state index in [1.165, 1.54) is 0 Å². The van der Waals surface area contributed by atoms with Gasteiger partial charge in [0, 0.05) is 6.54 Å². The number of nitrogens with one attached hydrogen (secondary N) is 1. The number of ether oxygens (including phenoxy) is 1. The second kappa shape index (κ2) is 6.91. The Morgan fingerprint density at radius 2 is 2.11 bits per heavy atom. The average Bonchev–Trinajstić information content (AvgIpc) is 2.36. The standard InChI is InChI=1S/C12H12N2O4/c13-7-9-3-1-2-4-10(9)18-8-11(15)14-6-5-12(16)17/h1-4H,5-6,8H2,(H,14,15)(H,16,17). The Hall–Kier alpha value is -2.55. The highest BCUT2D eigenvalue weighted by molar-refractivity contribution is 5.78. The number of carboxylic acids is 1. The van der Waals surface area contributed by atoms with Gasteiger partial charge in [-0.2, -0.15) is 5.26 Å². The molecule has 1 rings (SSSR count). The van der Waals surface area contributed by atoms with E-state index in [1.54, 1.807) is 24.3 Å². The first kappa shape index (κ1) is 13.5. The molecule has 0 aromatic heterocycles. The Bertz CT molecular complexity index is 479. The summed E-state index contributed by atoms with van der Waals surface area (Å²) in [6.45, 7) is -0.199. The van der Waals surface area contributed by atoms with Crippen molar-refractivity contribution in [2.75, 3.05) is 13.2 Å². The number of carbonyl (C=O) groups is 2. The Morgan fingerprint density at radius 1 is 1.39 bits per heavy atom. The molecule has 6 heteroatoms. The number of amides is 1. The van der Waals surface area contributed by atoms with Gasteiger partial charge in [-0.1, -0.05) is 12.1 Å². The first-order valence-corrected chi connectivity index (χ1v) is 5.24. The van der Waals surface area contributed by atoms with E-state index in [9.17, 15) is 9.59 Å². The summed E-state index contributed by atoms with van der Waals surface area (Å²) in [5.41, 5.74) is 0.343. The minimum atomic E-state index is -0.981. The number of aliphatic carboxylic acids is 1. The molecule has 1 aromatic rings. The lowest BCUT2D eigenvalue weighted by Gasteiger charge is -2.07. The van der Waals surface area contributed by atoms with Crippen LogP contribution >= 0.6 is 0 Å². The van der Waals surface area contributed by atoms with Gasteiger partial charge in [0.05, 0.1) is 12.0 Å². The number of nitrogens with zero attached hydrogens (tertiary/aromatic N) is 1. The maximum absolute atomic E-state index is 11.3. The Labute approximate surface area is 104 Å².